The van der Waals surface area contributed by atoms with Crippen molar-refractivity contribution in [2.24, 2.45) is 22.7 Å². The van der Waals surface area contributed by atoms with E-state index in [0.717, 1.165) is 22.3 Å². The average molecular weight is 340 g/mol. The Bertz CT molecular complexity index is 518. The summed E-state index contributed by atoms with van der Waals surface area (Å²) in [6.45, 7) is 7.80. The molecule has 4 nitrogen and oxygen atoms in total. The van der Waals surface area contributed by atoms with E-state index in [4.69, 9.17) is 10.9 Å². The molecule has 3 N–H and O–H groups in total. The molecule has 0 radical (unpaired) electrons. The summed E-state index contributed by atoms with van der Waals surface area (Å²) >= 11 is 3.51. The van der Waals surface area contributed by atoms with Gasteiger partial charge in [0.2, 0.25) is 0 Å². The van der Waals surface area contributed by atoms with E-state index >= 15 is 0 Å². The molecule has 1 heterocycles. The first kappa shape index (κ1) is 15.2. The van der Waals surface area contributed by atoms with Gasteiger partial charge in [0.1, 0.15) is 0 Å². The highest BCUT2D eigenvalue weighted by atomic mass is 79.9. The summed E-state index contributed by atoms with van der Waals surface area (Å²) < 4.78 is 1.00. The summed E-state index contributed by atoms with van der Waals surface area (Å²) in [7, 11) is 0. The summed E-state index contributed by atoms with van der Waals surface area (Å²) in [6.07, 6.45) is 1.24. The van der Waals surface area contributed by atoms with Gasteiger partial charge in [0.15, 0.2) is 5.84 Å². The molecule has 20 heavy (non-hydrogen) atoms. The van der Waals surface area contributed by atoms with E-state index in [9.17, 15) is 0 Å². The van der Waals surface area contributed by atoms with Gasteiger partial charge in [-0.3, -0.25) is 0 Å². The number of amidine groups is 1. The number of nitrogens with two attached hydrogens (primary N) is 1. The van der Waals surface area contributed by atoms with Crippen molar-refractivity contribution in [3.63, 3.8) is 0 Å². The highest BCUT2D eigenvalue weighted by Crippen LogP contribution is 2.34. The number of rotatable bonds is 2. The normalized spacial score (nSPS) is 27.7. The minimum Gasteiger partial charge on any atom is -0.409 e. The fourth-order valence-corrected chi connectivity index (χ4v) is 3.40. The van der Waals surface area contributed by atoms with Gasteiger partial charge in [0.05, 0.1) is 0 Å². The molecule has 1 aromatic carbocycles. The molecule has 0 aliphatic carbocycles. The average Bonchev–Trinajstić information content (AvgIpc) is 2.42. The SMILES string of the molecule is CC1CC(C)C(C)N(c2cc(Br)ccc2/C(N)=N/O)C1. The maximum atomic E-state index is 8.98. The minimum absolute atomic E-state index is 0.158. The Hall–Kier alpha value is -1.23. The zero-order chi connectivity index (χ0) is 14.9. The third-order valence-corrected chi connectivity index (χ3v) is 4.74. The lowest BCUT2D eigenvalue weighted by atomic mass is 9.85. The van der Waals surface area contributed by atoms with Crippen LogP contribution in [0.1, 0.15) is 32.8 Å². The van der Waals surface area contributed by atoms with E-state index in [-0.39, 0.29) is 5.84 Å². The number of anilines is 1. The van der Waals surface area contributed by atoms with Crippen LogP contribution in [-0.2, 0) is 0 Å². The Morgan fingerprint density at radius 2 is 2.10 bits per heavy atom. The Morgan fingerprint density at radius 1 is 1.40 bits per heavy atom. The molecule has 1 saturated heterocycles. The standard InChI is InChI=1S/C15H22BrN3O/c1-9-6-10(2)11(3)19(8-9)14-7-12(16)4-5-13(14)15(17)18-20/h4-5,7,9-11,20H,6,8H2,1-3H3,(H2,17,18). The quantitative estimate of drug-likeness (QED) is 0.375. The maximum absolute atomic E-state index is 8.98. The van der Waals surface area contributed by atoms with Crippen LogP contribution >= 0.6 is 15.9 Å². The van der Waals surface area contributed by atoms with Gasteiger partial charge < -0.3 is 15.8 Å². The fraction of sp³-hybridized carbons (Fsp3) is 0.533. The maximum Gasteiger partial charge on any atom is 0.172 e. The Labute approximate surface area is 128 Å². The molecule has 0 spiro atoms. The van der Waals surface area contributed by atoms with Gasteiger partial charge in [-0.25, -0.2) is 0 Å². The van der Waals surface area contributed by atoms with Gasteiger partial charge in [-0.2, -0.15) is 0 Å². The third kappa shape index (κ3) is 2.92. The third-order valence-electron chi connectivity index (χ3n) is 4.25. The second kappa shape index (κ2) is 6.04. The van der Waals surface area contributed by atoms with Crippen molar-refractivity contribution in [3.05, 3.63) is 28.2 Å². The highest BCUT2D eigenvalue weighted by Gasteiger charge is 2.30. The molecule has 3 atom stereocenters. The van der Waals surface area contributed by atoms with E-state index in [1.54, 1.807) is 0 Å². The molecule has 0 aromatic heterocycles. The van der Waals surface area contributed by atoms with Gasteiger partial charge in [0.25, 0.3) is 0 Å². The molecule has 1 aromatic rings. The number of hydrogen-bond acceptors (Lipinski definition) is 3. The topological polar surface area (TPSA) is 61.8 Å². The van der Waals surface area contributed by atoms with Crippen LogP contribution in [0, 0.1) is 11.8 Å². The molecule has 1 fully saturated rings. The molecular formula is C15H22BrN3O. The van der Waals surface area contributed by atoms with Crippen LogP contribution in [-0.4, -0.2) is 23.6 Å². The first-order chi connectivity index (χ1) is 9.43. The zero-order valence-electron chi connectivity index (χ0n) is 12.2. The van der Waals surface area contributed by atoms with E-state index in [0.29, 0.717) is 17.9 Å². The Balaban J connectivity index is 2.47. The number of benzene rings is 1. The lowest BCUT2D eigenvalue weighted by Crippen LogP contribution is -2.46. The molecule has 1 aliphatic heterocycles. The summed E-state index contributed by atoms with van der Waals surface area (Å²) in [5.74, 6) is 1.42. The molecule has 2 rings (SSSR count). The van der Waals surface area contributed by atoms with Crippen molar-refractivity contribution in [1.29, 1.82) is 0 Å². The van der Waals surface area contributed by atoms with E-state index < -0.39 is 0 Å². The number of oxime groups is 1. The monoisotopic (exact) mass is 339 g/mol. The van der Waals surface area contributed by atoms with Crippen LogP contribution in [0.25, 0.3) is 0 Å². The van der Waals surface area contributed by atoms with E-state index in [2.05, 4.69) is 52.8 Å². The van der Waals surface area contributed by atoms with E-state index in [1.165, 1.54) is 6.42 Å². The van der Waals surface area contributed by atoms with Crippen LogP contribution in [0.5, 0.6) is 0 Å². The van der Waals surface area contributed by atoms with Crippen LogP contribution in [0.3, 0.4) is 0 Å². The largest absolute Gasteiger partial charge is 0.409 e. The molecule has 0 amide bonds. The van der Waals surface area contributed by atoms with Gasteiger partial charge in [-0.1, -0.05) is 34.9 Å². The summed E-state index contributed by atoms with van der Waals surface area (Å²) in [5.41, 5.74) is 7.63. The first-order valence-corrected chi connectivity index (χ1v) is 7.77. The van der Waals surface area contributed by atoms with Crippen LogP contribution in [0.15, 0.2) is 27.8 Å². The molecule has 0 bridgehead atoms. The van der Waals surface area contributed by atoms with Gasteiger partial charge in [-0.05, 0) is 43.4 Å². The Morgan fingerprint density at radius 3 is 2.75 bits per heavy atom. The van der Waals surface area contributed by atoms with Crippen LogP contribution in [0.4, 0.5) is 5.69 Å². The van der Waals surface area contributed by atoms with Crippen LogP contribution < -0.4 is 10.6 Å². The minimum atomic E-state index is 0.158. The predicted octanol–water partition coefficient (Wildman–Crippen LogP) is 3.41. The van der Waals surface area contributed by atoms with Crippen molar-refractivity contribution >= 4 is 27.5 Å². The van der Waals surface area contributed by atoms with Gasteiger partial charge in [-0.15, -0.1) is 0 Å². The number of halogens is 1. The summed E-state index contributed by atoms with van der Waals surface area (Å²) in [4.78, 5) is 2.37. The highest BCUT2D eigenvalue weighted by molar-refractivity contribution is 9.10. The number of nitrogens with zero attached hydrogens (tertiary/aromatic N) is 2. The van der Waals surface area contributed by atoms with Crippen molar-refractivity contribution in [2.75, 3.05) is 11.4 Å². The van der Waals surface area contributed by atoms with E-state index in [1.807, 2.05) is 12.1 Å². The number of hydrogen-bond donors (Lipinski definition) is 2. The zero-order valence-corrected chi connectivity index (χ0v) is 13.8. The molecular weight excluding hydrogens is 318 g/mol. The molecule has 0 saturated carbocycles. The molecule has 110 valence electrons. The van der Waals surface area contributed by atoms with Gasteiger partial charge >= 0.3 is 0 Å². The van der Waals surface area contributed by atoms with Crippen molar-refractivity contribution in [1.82, 2.24) is 0 Å². The Kier molecular flexibility index (Phi) is 4.58. The smallest absolute Gasteiger partial charge is 0.172 e. The van der Waals surface area contributed by atoms with Gasteiger partial charge in [0, 0.05) is 28.3 Å². The molecule has 3 unspecified atom stereocenters. The first-order valence-electron chi connectivity index (χ1n) is 6.98. The predicted molar refractivity (Wildman–Crippen MR) is 86.4 cm³/mol. The second-order valence-electron chi connectivity index (χ2n) is 5.86. The number of piperidine rings is 1. The van der Waals surface area contributed by atoms with Crippen molar-refractivity contribution in [3.8, 4) is 0 Å². The molecule has 1 aliphatic rings. The lowest BCUT2D eigenvalue weighted by Gasteiger charge is -2.43. The van der Waals surface area contributed by atoms with Crippen molar-refractivity contribution < 1.29 is 5.21 Å². The summed E-state index contributed by atoms with van der Waals surface area (Å²) in [5, 5.41) is 12.1. The second-order valence-corrected chi connectivity index (χ2v) is 6.77. The molecule has 5 heteroatoms. The fourth-order valence-electron chi connectivity index (χ4n) is 3.05. The lowest BCUT2D eigenvalue weighted by molar-refractivity contribution is 0.297. The van der Waals surface area contributed by atoms with Crippen LogP contribution in [0.2, 0.25) is 0 Å². The van der Waals surface area contributed by atoms with Crippen molar-refractivity contribution in [2.45, 2.75) is 33.2 Å². The summed E-state index contributed by atoms with van der Waals surface area (Å²) in [6, 6.07) is 6.30.